The second-order valence-corrected chi connectivity index (χ2v) is 4.35. The van der Waals surface area contributed by atoms with Crippen LogP contribution < -0.4 is 0 Å². The molecule has 92 valence electrons. The first-order valence-electron chi connectivity index (χ1n) is 4.67. The van der Waals surface area contributed by atoms with E-state index in [9.17, 15) is 18.0 Å². The van der Waals surface area contributed by atoms with Gasteiger partial charge in [-0.1, -0.05) is 11.6 Å². The Morgan fingerprint density at radius 1 is 1.53 bits per heavy atom. The van der Waals surface area contributed by atoms with Crippen LogP contribution in [0.1, 0.15) is 29.3 Å². The fourth-order valence-corrected chi connectivity index (χ4v) is 2.02. The fourth-order valence-electron chi connectivity index (χ4n) is 1.86. The summed E-state index contributed by atoms with van der Waals surface area (Å²) in [5.74, 6) is -0.809. The molecule has 0 radical (unpaired) electrons. The number of carbonyl (C=O) groups is 1. The number of hydrogen-bond acceptors (Lipinski definition) is 3. The van der Waals surface area contributed by atoms with E-state index in [1.165, 1.54) is 13.0 Å². The molecule has 1 aliphatic heterocycles. The van der Waals surface area contributed by atoms with E-state index in [1.54, 1.807) is 0 Å². The van der Waals surface area contributed by atoms with Crippen molar-refractivity contribution in [1.82, 2.24) is 4.98 Å². The molecule has 0 spiro atoms. The molecule has 1 aromatic rings. The Morgan fingerprint density at radius 3 is 2.76 bits per heavy atom. The van der Waals surface area contributed by atoms with E-state index in [0.29, 0.717) is 0 Å². The van der Waals surface area contributed by atoms with Gasteiger partial charge in [-0.2, -0.15) is 13.2 Å². The Kier molecular flexibility index (Phi) is 2.57. The van der Waals surface area contributed by atoms with Gasteiger partial charge in [-0.05, 0) is 13.0 Å². The molecular formula is C10H7ClF3NO2. The SMILES string of the molecule is CC1(CC(F)(F)F)OC(=O)c2cnc(Cl)cc21. The second-order valence-electron chi connectivity index (χ2n) is 3.96. The highest BCUT2D eigenvalue weighted by Crippen LogP contribution is 2.43. The maximum Gasteiger partial charge on any atom is 0.393 e. The number of carbonyl (C=O) groups excluding carboxylic acids is 1. The number of hydrogen-bond donors (Lipinski definition) is 0. The number of esters is 1. The van der Waals surface area contributed by atoms with Crippen LogP contribution in [0.2, 0.25) is 5.15 Å². The number of ether oxygens (including phenoxy) is 1. The number of rotatable bonds is 1. The number of cyclic esters (lactones) is 1. The summed E-state index contributed by atoms with van der Waals surface area (Å²) in [5, 5.41) is 0.0236. The van der Waals surface area contributed by atoms with Gasteiger partial charge in [-0.3, -0.25) is 0 Å². The van der Waals surface area contributed by atoms with E-state index in [1.807, 2.05) is 0 Å². The highest BCUT2D eigenvalue weighted by Gasteiger charge is 2.49. The van der Waals surface area contributed by atoms with Crippen LogP contribution in [0, 0.1) is 0 Å². The Hall–Kier alpha value is -1.30. The summed E-state index contributed by atoms with van der Waals surface area (Å²) in [5.41, 5.74) is -1.57. The van der Waals surface area contributed by atoms with E-state index in [4.69, 9.17) is 16.3 Å². The molecule has 0 aromatic carbocycles. The van der Waals surface area contributed by atoms with E-state index < -0.39 is 24.2 Å². The summed E-state index contributed by atoms with van der Waals surface area (Å²) in [6, 6.07) is 1.23. The van der Waals surface area contributed by atoms with Crippen molar-refractivity contribution in [2.24, 2.45) is 0 Å². The van der Waals surface area contributed by atoms with E-state index in [0.717, 1.165) is 6.20 Å². The quantitative estimate of drug-likeness (QED) is 0.579. The highest BCUT2D eigenvalue weighted by atomic mass is 35.5. The van der Waals surface area contributed by atoms with Gasteiger partial charge < -0.3 is 4.74 Å². The minimum absolute atomic E-state index is 0.0236. The maximum absolute atomic E-state index is 12.4. The summed E-state index contributed by atoms with van der Waals surface area (Å²) in [6.07, 6.45) is -4.56. The van der Waals surface area contributed by atoms with Gasteiger partial charge in [0.1, 0.15) is 10.8 Å². The predicted octanol–water partition coefficient (Wildman–Crippen LogP) is 3.07. The zero-order valence-electron chi connectivity index (χ0n) is 8.64. The van der Waals surface area contributed by atoms with Crippen molar-refractivity contribution in [3.8, 4) is 0 Å². The minimum Gasteiger partial charge on any atom is -0.450 e. The Balaban J connectivity index is 2.48. The number of aromatic nitrogens is 1. The Labute approximate surface area is 99.5 Å². The summed E-state index contributed by atoms with van der Waals surface area (Å²) >= 11 is 5.61. The van der Waals surface area contributed by atoms with E-state index in [-0.39, 0.29) is 16.3 Å². The molecule has 1 unspecified atom stereocenters. The van der Waals surface area contributed by atoms with Crippen LogP contribution in [0.15, 0.2) is 12.3 Å². The Morgan fingerprint density at radius 2 is 2.18 bits per heavy atom. The third-order valence-electron chi connectivity index (χ3n) is 2.52. The molecule has 0 fully saturated rings. The molecular weight excluding hydrogens is 259 g/mol. The Bertz CT molecular complexity index is 489. The summed E-state index contributed by atoms with van der Waals surface area (Å²) in [6.45, 7) is 1.21. The van der Waals surface area contributed by atoms with Crippen molar-refractivity contribution in [1.29, 1.82) is 0 Å². The molecule has 2 heterocycles. The highest BCUT2D eigenvalue weighted by molar-refractivity contribution is 6.29. The van der Waals surface area contributed by atoms with Crippen LogP contribution in [0.4, 0.5) is 13.2 Å². The molecule has 2 rings (SSSR count). The topological polar surface area (TPSA) is 39.2 Å². The molecule has 1 aliphatic rings. The van der Waals surface area contributed by atoms with Crippen molar-refractivity contribution in [2.75, 3.05) is 0 Å². The zero-order valence-corrected chi connectivity index (χ0v) is 9.39. The summed E-state index contributed by atoms with van der Waals surface area (Å²) < 4.78 is 42.1. The summed E-state index contributed by atoms with van der Waals surface area (Å²) in [7, 11) is 0. The molecule has 0 amide bonds. The predicted molar refractivity (Wildman–Crippen MR) is 52.7 cm³/mol. The number of pyridine rings is 1. The van der Waals surface area contributed by atoms with E-state index in [2.05, 4.69) is 4.98 Å². The van der Waals surface area contributed by atoms with Gasteiger partial charge in [-0.25, -0.2) is 9.78 Å². The van der Waals surface area contributed by atoms with Crippen molar-refractivity contribution in [3.63, 3.8) is 0 Å². The molecule has 1 aromatic heterocycles. The molecule has 0 saturated heterocycles. The van der Waals surface area contributed by atoms with Crippen molar-refractivity contribution in [2.45, 2.75) is 25.1 Å². The average Bonchev–Trinajstić information content (AvgIpc) is 2.35. The van der Waals surface area contributed by atoms with Crippen molar-refractivity contribution < 1.29 is 22.7 Å². The number of alkyl halides is 3. The molecule has 0 N–H and O–H groups in total. The lowest BCUT2D eigenvalue weighted by molar-refractivity contribution is -0.172. The molecule has 17 heavy (non-hydrogen) atoms. The van der Waals surface area contributed by atoms with Crippen LogP contribution in [0.3, 0.4) is 0 Å². The van der Waals surface area contributed by atoms with Crippen LogP contribution in [0.5, 0.6) is 0 Å². The standard InChI is InChI=1S/C10H7ClF3NO2/c1-9(4-10(12,13)14)6-2-7(11)15-3-5(6)8(16)17-9/h2-3H,4H2,1H3. The largest absolute Gasteiger partial charge is 0.450 e. The minimum atomic E-state index is -4.44. The third-order valence-corrected chi connectivity index (χ3v) is 2.72. The molecule has 0 bridgehead atoms. The smallest absolute Gasteiger partial charge is 0.393 e. The van der Waals surface area contributed by atoms with Crippen molar-refractivity contribution in [3.05, 3.63) is 28.5 Å². The van der Waals surface area contributed by atoms with Gasteiger partial charge in [0, 0.05) is 11.8 Å². The van der Waals surface area contributed by atoms with Crippen molar-refractivity contribution >= 4 is 17.6 Å². The van der Waals surface area contributed by atoms with Crippen LogP contribution in [-0.2, 0) is 10.3 Å². The zero-order chi connectivity index (χ0) is 12.8. The second kappa shape index (κ2) is 3.60. The lowest BCUT2D eigenvalue weighted by Crippen LogP contribution is -2.29. The average molecular weight is 266 g/mol. The molecule has 7 heteroatoms. The van der Waals surface area contributed by atoms with E-state index >= 15 is 0 Å². The monoisotopic (exact) mass is 265 g/mol. The fraction of sp³-hybridized carbons (Fsp3) is 0.400. The van der Waals surface area contributed by atoms with Gasteiger partial charge in [0.2, 0.25) is 0 Å². The van der Waals surface area contributed by atoms with Crippen LogP contribution in [0.25, 0.3) is 0 Å². The first kappa shape index (κ1) is 12.2. The van der Waals surface area contributed by atoms with Crippen LogP contribution in [-0.4, -0.2) is 17.1 Å². The first-order chi connectivity index (χ1) is 7.71. The van der Waals surface area contributed by atoms with Gasteiger partial charge in [0.15, 0.2) is 0 Å². The van der Waals surface area contributed by atoms with Gasteiger partial charge in [0.05, 0.1) is 12.0 Å². The van der Waals surface area contributed by atoms with Gasteiger partial charge >= 0.3 is 12.1 Å². The lowest BCUT2D eigenvalue weighted by Gasteiger charge is -2.25. The van der Waals surface area contributed by atoms with Gasteiger partial charge in [0.25, 0.3) is 0 Å². The molecule has 0 saturated carbocycles. The summed E-state index contributed by atoms with van der Waals surface area (Å²) in [4.78, 5) is 15.1. The maximum atomic E-state index is 12.4. The lowest BCUT2D eigenvalue weighted by atomic mass is 9.92. The molecule has 0 aliphatic carbocycles. The number of fused-ring (bicyclic) bond motifs is 1. The third kappa shape index (κ3) is 2.22. The molecule has 3 nitrogen and oxygen atoms in total. The first-order valence-corrected chi connectivity index (χ1v) is 5.05. The molecule has 1 atom stereocenters. The number of halogens is 4. The van der Waals surface area contributed by atoms with Crippen LogP contribution >= 0.6 is 11.6 Å². The van der Waals surface area contributed by atoms with Gasteiger partial charge in [-0.15, -0.1) is 0 Å². The number of nitrogens with zero attached hydrogens (tertiary/aromatic N) is 1. The normalized spacial score (nSPS) is 23.5.